The van der Waals surface area contributed by atoms with Gasteiger partial charge in [0.2, 0.25) is 0 Å². The normalized spacial score (nSPS) is 16.8. The highest BCUT2D eigenvalue weighted by Crippen LogP contribution is 2.44. The minimum Gasteiger partial charge on any atom is -0.496 e. The van der Waals surface area contributed by atoms with Crippen LogP contribution >= 0.6 is 23.2 Å². The Morgan fingerprint density at radius 2 is 1.79 bits per heavy atom. The highest BCUT2D eigenvalue weighted by Gasteiger charge is 2.45. The van der Waals surface area contributed by atoms with Gasteiger partial charge in [-0.1, -0.05) is 66.4 Å². The average molecular weight is 421 g/mol. The van der Waals surface area contributed by atoms with Gasteiger partial charge in [0.25, 0.3) is 5.91 Å². The van der Waals surface area contributed by atoms with Crippen LogP contribution in [0.1, 0.15) is 47.6 Å². The molecule has 2 aromatic carbocycles. The third kappa shape index (κ3) is 4.00. The molecule has 1 fully saturated rings. The zero-order chi connectivity index (χ0) is 20.3. The molecule has 2 aromatic rings. The van der Waals surface area contributed by atoms with E-state index < -0.39 is 0 Å². The maximum Gasteiger partial charge on any atom is 0.257 e. The Morgan fingerprint density at radius 1 is 1.14 bits per heavy atom. The number of carbonyl (C=O) groups excluding carboxylic acids is 1. The second-order valence-corrected chi connectivity index (χ2v) is 8.33. The lowest BCUT2D eigenvalue weighted by molar-refractivity contribution is 0.0764. The van der Waals surface area contributed by atoms with Gasteiger partial charge >= 0.3 is 0 Å². The summed E-state index contributed by atoms with van der Waals surface area (Å²) in [4.78, 5) is 15.6. The fourth-order valence-electron chi connectivity index (χ4n) is 4.29. The maximum absolute atomic E-state index is 13.3. The van der Waals surface area contributed by atoms with Crippen LogP contribution in [0.2, 0.25) is 10.0 Å². The van der Waals surface area contributed by atoms with Crippen molar-refractivity contribution < 1.29 is 9.53 Å². The number of halogens is 2. The summed E-state index contributed by atoms with van der Waals surface area (Å²) < 4.78 is 5.37. The topological polar surface area (TPSA) is 41.6 Å². The van der Waals surface area contributed by atoms with Crippen LogP contribution in [0.5, 0.6) is 5.75 Å². The molecule has 28 heavy (non-hydrogen) atoms. The first-order valence-corrected chi connectivity index (χ1v) is 10.2. The van der Waals surface area contributed by atoms with Crippen molar-refractivity contribution in [3.63, 3.8) is 0 Å². The lowest BCUT2D eigenvalue weighted by Gasteiger charge is -2.44. The third-order valence-electron chi connectivity index (χ3n) is 5.77. The van der Waals surface area contributed by atoms with Gasteiger partial charge in [-0.3, -0.25) is 4.79 Å². The SMILES string of the molecule is COc1cc(Cl)cc(Cl)c1C(=O)NC(c1ccccc1)C1(N(C)C)CCCC1. The number of nitrogens with zero attached hydrogens (tertiary/aromatic N) is 1. The number of hydrogen-bond acceptors (Lipinski definition) is 3. The van der Waals surface area contributed by atoms with Crippen molar-refractivity contribution in [3.05, 3.63) is 63.6 Å². The number of ether oxygens (including phenoxy) is 1. The van der Waals surface area contributed by atoms with E-state index in [0.717, 1.165) is 31.2 Å². The summed E-state index contributed by atoms with van der Waals surface area (Å²) in [6.45, 7) is 0. The monoisotopic (exact) mass is 420 g/mol. The molecule has 0 spiro atoms. The molecule has 0 bridgehead atoms. The first kappa shape index (κ1) is 21.0. The number of amides is 1. The molecule has 6 heteroatoms. The van der Waals surface area contributed by atoms with Crippen LogP contribution in [-0.4, -0.2) is 37.6 Å². The minimum absolute atomic E-state index is 0.150. The zero-order valence-electron chi connectivity index (χ0n) is 16.5. The predicted octanol–water partition coefficient (Wildman–Crippen LogP) is 5.35. The number of nitrogens with one attached hydrogen (secondary N) is 1. The van der Waals surface area contributed by atoms with Crippen LogP contribution in [0.3, 0.4) is 0 Å². The molecule has 1 atom stereocenters. The molecule has 0 radical (unpaired) electrons. The van der Waals surface area contributed by atoms with E-state index in [1.54, 1.807) is 12.1 Å². The van der Waals surface area contributed by atoms with Gasteiger partial charge in [0, 0.05) is 10.6 Å². The highest BCUT2D eigenvalue weighted by molar-refractivity contribution is 6.37. The first-order valence-electron chi connectivity index (χ1n) is 9.45. The Kier molecular flexibility index (Phi) is 6.54. The van der Waals surface area contributed by atoms with E-state index in [1.165, 1.54) is 7.11 Å². The van der Waals surface area contributed by atoms with E-state index in [0.29, 0.717) is 16.3 Å². The molecule has 1 saturated carbocycles. The molecule has 1 N–H and O–H groups in total. The van der Waals surface area contributed by atoms with Crippen molar-refractivity contribution >= 4 is 29.1 Å². The molecule has 0 aliphatic heterocycles. The van der Waals surface area contributed by atoms with E-state index in [1.807, 2.05) is 18.2 Å². The van der Waals surface area contributed by atoms with E-state index in [2.05, 4.69) is 36.4 Å². The van der Waals surface area contributed by atoms with Gasteiger partial charge in [-0.15, -0.1) is 0 Å². The van der Waals surface area contributed by atoms with Crippen LogP contribution in [0, 0.1) is 0 Å². The van der Waals surface area contributed by atoms with Gasteiger partial charge in [0.1, 0.15) is 11.3 Å². The lowest BCUT2D eigenvalue weighted by Crippen LogP contribution is -2.53. The van der Waals surface area contributed by atoms with Gasteiger partial charge in [0.05, 0.1) is 18.2 Å². The molecule has 0 saturated heterocycles. The number of benzene rings is 2. The second kappa shape index (κ2) is 8.73. The van der Waals surface area contributed by atoms with Crippen LogP contribution in [0.15, 0.2) is 42.5 Å². The fraction of sp³-hybridized carbons (Fsp3) is 0.409. The van der Waals surface area contributed by atoms with Crippen LogP contribution in [0.4, 0.5) is 0 Å². The van der Waals surface area contributed by atoms with Gasteiger partial charge in [-0.25, -0.2) is 0 Å². The van der Waals surface area contributed by atoms with Crippen LogP contribution < -0.4 is 10.1 Å². The van der Waals surface area contributed by atoms with E-state index in [9.17, 15) is 4.79 Å². The Balaban J connectivity index is 2.03. The van der Waals surface area contributed by atoms with Gasteiger partial charge in [-0.05, 0) is 44.6 Å². The van der Waals surface area contributed by atoms with E-state index in [4.69, 9.17) is 27.9 Å². The Hall–Kier alpha value is -1.75. The third-order valence-corrected chi connectivity index (χ3v) is 6.29. The van der Waals surface area contributed by atoms with E-state index in [-0.39, 0.29) is 22.5 Å². The Labute approximate surface area is 176 Å². The highest BCUT2D eigenvalue weighted by atomic mass is 35.5. The Morgan fingerprint density at radius 3 is 2.36 bits per heavy atom. The number of likely N-dealkylation sites (N-methyl/N-ethyl adjacent to an activating group) is 1. The predicted molar refractivity (Wildman–Crippen MR) is 115 cm³/mol. The fourth-order valence-corrected chi connectivity index (χ4v) is 4.85. The van der Waals surface area contributed by atoms with Crippen molar-refractivity contribution in [1.29, 1.82) is 0 Å². The summed E-state index contributed by atoms with van der Waals surface area (Å²) >= 11 is 12.4. The minimum atomic E-state index is -0.263. The van der Waals surface area contributed by atoms with Gasteiger partial charge < -0.3 is 15.0 Å². The average Bonchev–Trinajstić information content (AvgIpc) is 3.17. The number of carbonyl (C=O) groups is 1. The number of rotatable bonds is 6. The molecular formula is C22H26Cl2N2O2. The first-order chi connectivity index (χ1) is 13.4. The Bertz CT molecular complexity index is 834. The molecule has 1 aliphatic rings. The molecule has 1 aliphatic carbocycles. The molecule has 0 aromatic heterocycles. The summed E-state index contributed by atoms with van der Waals surface area (Å²) in [6.07, 6.45) is 4.32. The lowest BCUT2D eigenvalue weighted by atomic mass is 9.82. The summed E-state index contributed by atoms with van der Waals surface area (Å²) in [7, 11) is 5.68. The second-order valence-electron chi connectivity index (χ2n) is 7.49. The summed E-state index contributed by atoms with van der Waals surface area (Å²) in [5.41, 5.74) is 1.24. The van der Waals surface area contributed by atoms with Crippen molar-refractivity contribution in [2.24, 2.45) is 0 Å². The maximum atomic E-state index is 13.3. The number of hydrogen-bond donors (Lipinski definition) is 1. The van der Waals surface area contributed by atoms with Crippen molar-refractivity contribution in [2.75, 3.05) is 21.2 Å². The van der Waals surface area contributed by atoms with Crippen molar-refractivity contribution in [1.82, 2.24) is 10.2 Å². The molecule has 1 amide bonds. The summed E-state index contributed by atoms with van der Waals surface area (Å²) in [5.74, 6) is 0.104. The molecule has 3 rings (SSSR count). The van der Waals surface area contributed by atoms with Crippen LogP contribution in [-0.2, 0) is 0 Å². The molecule has 1 unspecified atom stereocenters. The molecule has 150 valence electrons. The summed E-state index contributed by atoms with van der Waals surface area (Å²) in [5, 5.41) is 3.97. The largest absolute Gasteiger partial charge is 0.496 e. The quantitative estimate of drug-likeness (QED) is 0.684. The standard InChI is InChI=1S/C22H26Cl2N2O2/c1-26(2)22(11-7-8-12-22)20(15-9-5-4-6-10-15)25-21(27)19-17(24)13-16(23)14-18(19)28-3/h4-6,9-10,13-14,20H,7-8,11-12H2,1-3H3,(H,25,27). The molecule has 0 heterocycles. The molecular weight excluding hydrogens is 395 g/mol. The van der Waals surface area contributed by atoms with Gasteiger partial charge in [-0.2, -0.15) is 0 Å². The van der Waals surface area contributed by atoms with Crippen molar-refractivity contribution in [2.45, 2.75) is 37.3 Å². The van der Waals surface area contributed by atoms with Crippen molar-refractivity contribution in [3.8, 4) is 5.75 Å². The van der Waals surface area contributed by atoms with Gasteiger partial charge in [0.15, 0.2) is 0 Å². The van der Waals surface area contributed by atoms with E-state index >= 15 is 0 Å². The summed E-state index contributed by atoms with van der Waals surface area (Å²) in [6, 6.07) is 13.1. The smallest absolute Gasteiger partial charge is 0.257 e. The zero-order valence-corrected chi connectivity index (χ0v) is 18.0. The number of methoxy groups -OCH3 is 1. The molecule has 4 nitrogen and oxygen atoms in total. The van der Waals surface area contributed by atoms with Crippen LogP contribution in [0.25, 0.3) is 0 Å².